The van der Waals surface area contributed by atoms with Crippen LogP contribution in [0.25, 0.3) is 22.5 Å². The summed E-state index contributed by atoms with van der Waals surface area (Å²) in [5, 5.41) is 9.27. The van der Waals surface area contributed by atoms with Crippen LogP contribution in [0.15, 0.2) is 41.8 Å². The summed E-state index contributed by atoms with van der Waals surface area (Å²) in [7, 11) is 1.85. The summed E-state index contributed by atoms with van der Waals surface area (Å²) < 4.78 is 3.81. The fourth-order valence-corrected chi connectivity index (χ4v) is 3.77. The Morgan fingerprint density at radius 1 is 1.26 bits per heavy atom. The molecule has 0 unspecified atom stereocenters. The Bertz CT molecular complexity index is 989. The van der Waals surface area contributed by atoms with E-state index in [9.17, 15) is 0 Å². The molecule has 1 atom stereocenters. The Balaban J connectivity index is 1.79. The van der Waals surface area contributed by atoms with Crippen LogP contribution < -0.4 is 0 Å². The number of benzene rings is 1. The van der Waals surface area contributed by atoms with Crippen LogP contribution in [0.4, 0.5) is 0 Å². The summed E-state index contributed by atoms with van der Waals surface area (Å²) in [4.78, 5) is 10.3. The number of imidazole rings is 1. The van der Waals surface area contributed by atoms with Crippen LogP contribution in [0, 0.1) is 6.92 Å². The second kappa shape index (κ2) is 7.19. The zero-order valence-electron chi connectivity index (χ0n) is 15.7. The second-order valence-corrected chi connectivity index (χ2v) is 7.14. The summed E-state index contributed by atoms with van der Waals surface area (Å²) in [5.41, 5.74) is 5.78. The molecule has 1 aromatic carbocycles. The van der Waals surface area contributed by atoms with E-state index in [2.05, 4.69) is 33.9 Å². The average Bonchev–Trinajstić information content (AvgIpc) is 3.35. The molecule has 7 heteroatoms. The Morgan fingerprint density at radius 2 is 2.04 bits per heavy atom. The predicted molar refractivity (Wildman–Crippen MR) is 107 cm³/mol. The SMILES string of the molecule is CCC1=NO[C@@H](Cn2cnc(-c3ccccc3)c2-c2c(C)nn(C)c2Cl)C1. The van der Waals surface area contributed by atoms with Crippen molar-refractivity contribution in [3.05, 3.63) is 47.5 Å². The van der Waals surface area contributed by atoms with Crippen LogP contribution in [0.5, 0.6) is 0 Å². The summed E-state index contributed by atoms with van der Waals surface area (Å²) in [6.07, 6.45) is 3.62. The first-order valence-electron chi connectivity index (χ1n) is 9.10. The Hall–Kier alpha value is -2.60. The van der Waals surface area contributed by atoms with Crippen molar-refractivity contribution >= 4 is 17.3 Å². The van der Waals surface area contributed by atoms with Gasteiger partial charge in [-0.05, 0) is 13.3 Å². The zero-order valence-corrected chi connectivity index (χ0v) is 16.4. The molecular weight excluding hydrogens is 362 g/mol. The number of hydrogen-bond acceptors (Lipinski definition) is 4. The molecule has 1 aliphatic heterocycles. The number of nitrogens with zero attached hydrogens (tertiary/aromatic N) is 5. The van der Waals surface area contributed by atoms with Gasteiger partial charge in [-0.2, -0.15) is 5.10 Å². The van der Waals surface area contributed by atoms with Crippen LogP contribution in [0.1, 0.15) is 25.5 Å². The third kappa shape index (κ3) is 3.25. The van der Waals surface area contributed by atoms with Crippen molar-refractivity contribution in [2.24, 2.45) is 12.2 Å². The maximum Gasteiger partial charge on any atom is 0.150 e. The molecular formula is C20H22ClN5O. The van der Waals surface area contributed by atoms with E-state index in [1.54, 1.807) is 4.68 Å². The molecule has 2 aromatic heterocycles. The smallest absolute Gasteiger partial charge is 0.150 e. The van der Waals surface area contributed by atoms with Gasteiger partial charge in [-0.3, -0.25) is 4.68 Å². The number of hydrogen-bond donors (Lipinski definition) is 0. The van der Waals surface area contributed by atoms with Gasteiger partial charge in [0.05, 0.1) is 41.2 Å². The third-order valence-corrected chi connectivity index (χ3v) is 5.31. The highest BCUT2D eigenvalue weighted by Gasteiger charge is 2.26. The van der Waals surface area contributed by atoms with Gasteiger partial charge in [-0.1, -0.05) is 54.0 Å². The molecule has 6 nitrogen and oxygen atoms in total. The molecule has 0 N–H and O–H groups in total. The first kappa shape index (κ1) is 17.8. The number of oxime groups is 1. The summed E-state index contributed by atoms with van der Waals surface area (Å²) in [6, 6.07) is 10.1. The van der Waals surface area contributed by atoms with Gasteiger partial charge in [0.25, 0.3) is 0 Å². The maximum absolute atomic E-state index is 6.60. The lowest BCUT2D eigenvalue weighted by Crippen LogP contribution is -2.16. The van der Waals surface area contributed by atoms with Gasteiger partial charge in [0.2, 0.25) is 0 Å². The number of halogens is 1. The van der Waals surface area contributed by atoms with Crippen molar-refractivity contribution in [2.45, 2.75) is 39.3 Å². The lowest BCUT2D eigenvalue weighted by atomic mass is 10.0. The van der Waals surface area contributed by atoms with Crippen molar-refractivity contribution in [3.8, 4) is 22.5 Å². The van der Waals surface area contributed by atoms with Crippen LogP contribution in [0.3, 0.4) is 0 Å². The molecule has 0 amide bonds. The minimum absolute atomic E-state index is 0.00674. The van der Waals surface area contributed by atoms with Crippen LogP contribution in [-0.4, -0.2) is 31.1 Å². The van der Waals surface area contributed by atoms with Gasteiger partial charge < -0.3 is 9.40 Å². The first-order chi connectivity index (χ1) is 13.1. The molecule has 0 spiro atoms. The molecule has 0 aliphatic carbocycles. The van der Waals surface area contributed by atoms with E-state index in [0.717, 1.165) is 46.8 Å². The van der Waals surface area contributed by atoms with Gasteiger partial charge in [0.15, 0.2) is 6.10 Å². The van der Waals surface area contributed by atoms with Crippen molar-refractivity contribution in [1.82, 2.24) is 19.3 Å². The molecule has 0 radical (unpaired) electrons. The van der Waals surface area contributed by atoms with Crippen LogP contribution in [-0.2, 0) is 18.4 Å². The van der Waals surface area contributed by atoms with E-state index in [-0.39, 0.29) is 6.10 Å². The standard InChI is InChI=1S/C20H22ClN5O/c1-4-15-10-16(27-24-15)11-26-12-22-18(14-8-6-5-7-9-14)19(26)17-13(2)23-25(3)20(17)21/h5-9,12,16H,4,10-11H2,1-3H3/t16-/m1/s1. The van der Waals surface area contributed by atoms with E-state index in [1.807, 2.05) is 38.5 Å². The molecule has 3 heterocycles. The minimum atomic E-state index is 0.00674. The molecule has 27 heavy (non-hydrogen) atoms. The topological polar surface area (TPSA) is 57.2 Å². The Kier molecular flexibility index (Phi) is 4.74. The molecule has 0 saturated heterocycles. The van der Waals surface area contributed by atoms with Crippen molar-refractivity contribution in [1.29, 1.82) is 0 Å². The lowest BCUT2D eigenvalue weighted by Gasteiger charge is -2.14. The van der Waals surface area contributed by atoms with E-state index in [1.165, 1.54) is 0 Å². The molecule has 4 rings (SSSR count). The highest BCUT2D eigenvalue weighted by Crippen LogP contribution is 2.37. The van der Waals surface area contributed by atoms with Crippen molar-refractivity contribution < 1.29 is 4.84 Å². The van der Waals surface area contributed by atoms with Gasteiger partial charge in [0.1, 0.15) is 5.15 Å². The number of aromatic nitrogens is 4. The third-order valence-electron chi connectivity index (χ3n) is 4.88. The Labute approximate surface area is 163 Å². The largest absolute Gasteiger partial charge is 0.390 e. The highest BCUT2D eigenvalue weighted by molar-refractivity contribution is 6.32. The second-order valence-electron chi connectivity index (χ2n) is 6.78. The Morgan fingerprint density at radius 3 is 2.67 bits per heavy atom. The predicted octanol–water partition coefficient (Wildman–Crippen LogP) is 4.47. The van der Waals surface area contributed by atoms with Crippen molar-refractivity contribution in [2.75, 3.05) is 0 Å². The van der Waals surface area contributed by atoms with E-state index in [0.29, 0.717) is 11.7 Å². The van der Waals surface area contributed by atoms with E-state index >= 15 is 0 Å². The molecule has 1 aliphatic rings. The average molecular weight is 384 g/mol. The number of aryl methyl sites for hydroxylation is 2. The lowest BCUT2D eigenvalue weighted by molar-refractivity contribution is 0.0728. The molecule has 0 bridgehead atoms. The van der Waals surface area contributed by atoms with Crippen molar-refractivity contribution in [3.63, 3.8) is 0 Å². The first-order valence-corrected chi connectivity index (χ1v) is 9.47. The number of rotatable bonds is 5. The fraction of sp³-hybridized carbons (Fsp3) is 0.350. The van der Waals surface area contributed by atoms with Gasteiger partial charge in [0, 0.05) is 19.0 Å². The molecule has 0 fully saturated rings. The van der Waals surface area contributed by atoms with Gasteiger partial charge in [-0.15, -0.1) is 0 Å². The summed E-state index contributed by atoms with van der Waals surface area (Å²) >= 11 is 6.60. The molecule has 3 aromatic rings. The normalized spacial score (nSPS) is 16.4. The van der Waals surface area contributed by atoms with E-state index in [4.69, 9.17) is 21.4 Å². The monoisotopic (exact) mass is 383 g/mol. The molecule has 140 valence electrons. The maximum atomic E-state index is 6.60. The summed E-state index contributed by atoms with van der Waals surface area (Å²) in [6.45, 7) is 4.73. The zero-order chi connectivity index (χ0) is 19.0. The highest BCUT2D eigenvalue weighted by atomic mass is 35.5. The van der Waals surface area contributed by atoms with Gasteiger partial charge >= 0.3 is 0 Å². The van der Waals surface area contributed by atoms with Crippen LogP contribution in [0.2, 0.25) is 5.15 Å². The van der Waals surface area contributed by atoms with Crippen LogP contribution >= 0.6 is 11.6 Å². The molecule has 0 saturated carbocycles. The van der Waals surface area contributed by atoms with E-state index < -0.39 is 0 Å². The fourth-order valence-electron chi connectivity index (χ4n) is 3.50. The minimum Gasteiger partial charge on any atom is -0.390 e. The summed E-state index contributed by atoms with van der Waals surface area (Å²) in [5.74, 6) is 0. The quantitative estimate of drug-likeness (QED) is 0.653. The van der Waals surface area contributed by atoms with Gasteiger partial charge in [-0.25, -0.2) is 4.98 Å².